The molecule has 100 valence electrons. The van der Waals surface area contributed by atoms with Crippen LogP contribution in [0.5, 0.6) is 0 Å². The van der Waals surface area contributed by atoms with Crippen LogP contribution in [0.1, 0.15) is 10.4 Å². The summed E-state index contributed by atoms with van der Waals surface area (Å²) in [7, 11) is 0. The highest BCUT2D eigenvalue weighted by molar-refractivity contribution is 9.10. The second kappa shape index (κ2) is 5.38. The van der Waals surface area contributed by atoms with Crippen molar-refractivity contribution in [2.75, 3.05) is 5.32 Å². The molecule has 0 spiro atoms. The molecule has 1 N–H and O–H groups in total. The molecule has 0 saturated heterocycles. The number of halogens is 2. The number of carbonyl (C=O) groups is 1. The van der Waals surface area contributed by atoms with Gasteiger partial charge in [0.25, 0.3) is 5.91 Å². The van der Waals surface area contributed by atoms with Crippen LogP contribution in [0.3, 0.4) is 0 Å². The fraction of sp³-hybridized carbons (Fsp3) is 0. The van der Waals surface area contributed by atoms with Gasteiger partial charge >= 0.3 is 0 Å². The van der Waals surface area contributed by atoms with Crippen LogP contribution in [0.25, 0.3) is 11.0 Å². The second-order valence-electron chi connectivity index (χ2n) is 4.11. The molecular formula is C14H8Br2N2O2. The molecule has 0 atom stereocenters. The Bertz CT molecular complexity index is 799. The van der Waals surface area contributed by atoms with Gasteiger partial charge in [-0.1, -0.05) is 33.2 Å². The fourth-order valence-electron chi connectivity index (χ4n) is 1.82. The van der Waals surface area contributed by atoms with Gasteiger partial charge in [0, 0.05) is 8.95 Å². The number of nitrogens with one attached hydrogen (secondary N) is 1. The van der Waals surface area contributed by atoms with Gasteiger partial charge in [0.15, 0.2) is 11.4 Å². The zero-order valence-corrected chi connectivity index (χ0v) is 13.2. The van der Waals surface area contributed by atoms with Gasteiger partial charge in [-0.05, 0) is 46.3 Å². The van der Waals surface area contributed by atoms with E-state index in [1.807, 2.05) is 24.3 Å². The minimum absolute atomic E-state index is 0.243. The summed E-state index contributed by atoms with van der Waals surface area (Å²) >= 11 is 6.73. The lowest BCUT2D eigenvalue weighted by atomic mass is 10.2. The summed E-state index contributed by atoms with van der Waals surface area (Å²) in [4.78, 5) is 12.2. The number of nitrogens with zero attached hydrogens (tertiary/aromatic N) is 1. The van der Waals surface area contributed by atoms with E-state index in [1.54, 1.807) is 18.2 Å². The van der Waals surface area contributed by atoms with Crippen molar-refractivity contribution in [3.8, 4) is 0 Å². The molecule has 0 aliphatic carbocycles. The zero-order valence-electron chi connectivity index (χ0n) is 10.1. The summed E-state index contributed by atoms with van der Waals surface area (Å²) in [5.41, 5.74) is 1.16. The van der Waals surface area contributed by atoms with Crippen LogP contribution >= 0.6 is 31.9 Å². The van der Waals surface area contributed by atoms with Crippen molar-refractivity contribution in [1.29, 1.82) is 0 Å². The minimum Gasteiger partial charge on any atom is -0.354 e. The van der Waals surface area contributed by atoms with Gasteiger partial charge in [0.05, 0.1) is 10.9 Å². The minimum atomic E-state index is -0.243. The van der Waals surface area contributed by atoms with E-state index in [4.69, 9.17) is 4.52 Å². The normalized spacial score (nSPS) is 10.7. The van der Waals surface area contributed by atoms with Gasteiger partial charge in [0.1, 0.15) is 0 Å². The topological polar surface area (TPSA) is 55.1 Å². The molecule has 1 amide bonds. The van der Waals surface area contributed by atoms with E-state index in [0.717, 1.165) is 14.3 Å². The summed E-state index contributed by atoms with van der Waals surface area (Å²) in [6.07, 6.45) is 0. The number of anilines is 1. The average Bonchev–Trinajstić information content (AvgIpc) is 2.82. The third kappa shape index (κ3) is 2.48. The number of rotatable bonds is 2. The number of fused-ring (bicyclic) bond motifs is 1. The van der Waals surface area contributed by atoms with Crippen molar-refractivity contribution >= 4 is 54.6 Å². The lowest BCUT2D eigenvalue weighted by molar-refractivity contribution is 0.102. The van der Waals surface area contributed by atoms with Crippen LogP contribution in [0.2, 0.25) is 0 Å². The predicted octanol–water partition coefficient (Wildman–Crippen LogP) is 4.61. The monoisotopic (exact) mass is 394 g/mol. The molecule has 6 heteroatoms. The molecule has 2 aromatic carbocycles. The van der Waals surface area contributed by atoms with Gasteiger partial charge < -0.3 is 9.84 Å². The van der Waals surface area contributed by atoms with E-state index in [-0.39, 0.29) is 5.91 Å². The molecule has 0 unspecified atom stereocenters. The number of hydrogen-bond acceptors (Lipinski definition) is 3. The molecule has 3 aromatic rings. The molecule has 0 aliphatic rings. The van der Waals surface area contributed by atoms with E-state index in [2.05, 4.69) is 42.3 Å². The van der Waals surface area contributed by atoms with E-state index in [0.29, 0.717) is 17.0 Å². The molecule has 0 bridgehead atoms. The molecule has 20 heavy (non-hydrogen) atoms. The van der Waals surface area contributed by atoms with Crippen molar-refractivity contribution in [2.45, 2.75) is 0 Å². The fourth-order valence-corrected chi connectivity index (χ4v) is 2.65. The van der Waals surface area contributed by atoms with E-state index >= 15 is 0 Å². The number of aromatic nitrogens is 1. The molecule has 0 fully saturated rings. The Kier molecular flexibility index (Phi) is 3.58. The lowest BCUT2D eigenvalue weighted by Gasteiger charge is -2.04. The second-order valence-corrected chi connectivity index (χ2v) is 5.88. The van der Waals surface area contributed by atoms with Crippen molar-refractivity contribution in [2.24, 2.45) is 0 Å². The highest BCUT2D eigenvalue weighted by atomic mass is 79.9. The Hall–Kier alpha value is -1.66. The quantitative estimate of drug-likeness (QED) is 0.689. The van der Waals surface area contributed by atoms with Gasteiger partial charge in [-0.15, -0.1) is 0 Å². The first-order valence-electron chi connectivity index (χ1n) is 5.76. The molecule has 1 aromatic heterocycles. The van der Waals surface area contributed by atoms with Crippen molar-refractivity contribution in [3.63, 3.8) is 0 Å². The van der Waals surface area contributed by atoms with Crippen molar-refractivity contribution in [1.82, 2.24) is 5.16 Å². The van der Waals surface area contributed by atoms with Crippen LogP contribution < -0.4 is 5.32 Å². The lowest BCUT2D eigenvalue weighted by Crippen LogP contribution is -2.12. The van der Waals surface area contributed by atoms with Crippen LogP contribution in [0.4, 0.5) is 5.82 Å². The van der Waals surface area contributed by atoms with Gasteiger partial charge in [-0.3, -0.25) is 4.79 Å². The third-order valence-electron chi connectivity index (χ3n) is 2.78. The summed E-state index contributed by atoms with van der Waals surface area (Å²) in [6.45, 7) is 0. The average molecular weight is 396 g/mol. The van der Waals surface area contributed by atoms with Crippen LogP contribution in [-0.4, -0.2) is 11.1 Å². The van der Waals surface area contributed by atoms with E-state index in [9.17, 15) is 4.79 Å². The number of carbonyl (C=O) groups excluding carboxylic acids is 1. The third-order valence-corrected chi connectivity index (χ3v) is 3.97. The Labute approximate surface area is 131 Å². The van der Waals surface area contributed by atoms with Crippen LogP contribution in [0, 0.1) is 0 Å². The smallest absolute Gasteiger partial charge is 0.258 e. The summed E-state index contributed by atoms with van der Waals surface area (Å²) in [5, 5.41) is 7.39. The summed E-state index contributed by atoms with van der Waals surface area (Å²) in [5.74, 6) is 0.162. The van der Waals surface area contributed by atoms with Crippen LogP contribution in [-0.2, 0) is 0 Å². The molecular weight excluding hydrogens is 388 g/mol. The first-order chi connectivity index (χ1) is 9.65. The SMILES string of the molecule is O=C(Nc1noc2ccc(Br)cc12)c1ccccc1Br. The van der Waals surface area contributed by atoms with Crippen molar-refractivity contribution in [3.05, 3.63) is 57.0 Å². The number of hydrogen-bond donors (Lipinski definition) is 1. The molecule has 0 saturated carbocycles. The van der Waals surface area contributed by atoms with Crippen LogP contribution in [0.15, 0.2) is 55.9 Å². The largest absolute Gasteiger partial charge is 0.354 e. The predicted molar refractivity (Wildman–Crippen MR) is 83.8 cm³/mol. The first-order valence-corrected chi connectivity index (χ1v) is 7.34. The maximum Gasteiger partial charge on any atom is 0.258 e. The van der Waals surface area contributed by atoms with E-state index < -0.39 is 0 Å². The first kappa shape index (κ1) is 13.3. The molecule has 0 aliphatic heterocycles. The summed E-state index contributed by atoms with van der Waals surface area (Å²) in [6, 6.07) is 12.7. The Balaban J connectivity index is 1.96. The highest BCUT2D eigenvalue weighted by Crippen LogP contribution is 2.27. The summed E-state index contributed by atoms with van der Waals surface area (Å²) < 4.78 is 6.80. The molecule has 3 rings (SSSR count). The molecule has 0 radical (unpaired) electrons. The maximum absolute atomic E-state index is 12.2. The molecule has 1 heterocycles. The number of benzene rings is 2. The Morgan fingerprint density at radius 2 is 1.95 bits per heavy atom. The van der Waals surface area contributed by atoms with Gasteiger partial charge in [0.2, 0.25) is 0 Å². The highest BCUT2D eigenvalue weighted by Gasteiger charge is 2.14. The zero-order chi connectivity index (χ0) is 14.1. The Morgan fingerprint density at radius 3 is 2.75 bits per heavy atom. The van der Waals surface area contributed by atoms with Gasteiger partial charge in [-0.2, -0.15) is 0 Å². The van der Waals surface area contributed by atoms with E-state index in [1.165, 1.54) is 0 Å². The number of amides is 1. The standard InChI is InChI=1S/C14H8Br2N2O2/c15-8-5-6-12-10(7-8)13(18-20-12)17-14(19)9-3-1-2-4-11(9)16/h1-7H,(H,17,18,19). The van der Waals surface area contributed by atoms with Gasteiger partial charge in [-0.25, -0.2) is 0 Å². The molecule has 4 nitrogen and oxygen atoms in total. The Morgan fingerprint density at radius 1 is 1.15 bits per heavy atom. The van der Waals surface area contributed by atoms with Crippen molar-refractivity contribution < 1.29 is 9.32 Å². The maximum atomic E-state index is 12.2.